The van der Waals surface area contributed by atoms with Gasteiger partial charge < -0.3 is 19.7 Å². The summed E-state index contributed by atoms with van der Waals surface area (Å²) in [6, 6.07) is 0. The van der Waals surface area contributed by atoms with Crippen LogP contribution in [0.15, 0.2) is 9.59 Å². The van der Waals surface area contributed by atoms with Gasteiger partial charge in [-0.25, -0.2) is 4.79 Å². The molecule has 0 saturated carbocycles. The predicted octanol–water partition coefficient (Wildman–Crippen LogP) is -1.52. The van der Waals surface area contributed by atoms with Gasteiger partial charge in [-0.2, -0.15) is 4.98 Å². The zero-order valence-electron chi connectivity index (χ0n) is 12.3. The minimum Gasteiger partial charge on any atom is -0.395 e. The molecule has 0 unspecified atom stereocenters. The molecule has 0 aliphatic heterocycles. The number of hydrogen-bond donors (Lipinski definition) is 2. The van der Waals surface area contributed by atoms with E-state index in [0.29, 0.717) is 36.8 Å². The quantitative estimate of drug-likeness (QED) is 0.671. The molecule has 0 fully saturated rings. The summed E-state index contributed by atoms with van der Waals surface area (Å²) in [5.74, 6) is 0.424. The lowest BCUT2D eigenvalue weighted by Crippen LogP contribution is -2.39. The summed E-state index contributed by atoms with van der Waals surface area (Å²) in [6.45, 7) is 0.886. The van der Waals surface area contributed by atoms with Gasteiger partial charge in [-0.3, -0.25) is 13.9 Å². The highest BCUT2D eigenvalue weighted by atomic mass is 16.5. The standard InChI is InChI=1S/C12H19N5O4/c1-15-8-9(14-11(15)13-4-6-18)17(5-7-21-3)12(20)16(2)10(8)19/h18H,4-7H2,1-3H3,(H,13,14). The minimum absolute atomic E-state index is 0.0578. The number of nitrogens with zero attached hydrogens (tertiary/aromatic N) is 4. The number of methoxy groups -OCH3 is 1. The van der Waals surface area contributed by atoms with E-state index in [1.54, 1.807) is 11.6 Å². The first-order valence-electron chi connectivity index (χ1n) is 6.52. The molecule has 21 heavy (non-hydrogen) atoms. The first kappa shape index (κ1) is 15.3. The molecule has 9 heteroatoms. The van der Waals surface area contributed by atoms with Crippen molar-refractivity contribution in [2.24, 2.45) is 14.1 Å². The lowest BCUT2D eigenvalue weighted by molar-refractivity contribution is 0.186. The number of nitrogens with one attached hydrogen (secondary N) is 1. The Morgan fingerprint density at radius 1 is 1.29 bits per heavy atom. The van der Waals surface area contributed by atoms with Crippen LogP contribution in [-0.2, 0) is 25.4 Å². The summed E-state index contributed by atoms with van der Waals surface area (Å²) < 4.78 is 9.03. The van der Waals surface area contributed by atoms with Gasteiger partial charge in [0.2, 0.25) is 5.95 Å². The third kappa shape index (κ3) is 2.57. The normalized spacial score (nSPS) is 11.2. The lowest BCUT2D eigenvalue weighted by Gasteiger charge is -2.08. The van der Waals surface area contributed by atoms with E-state index in [9.17, 15) is 9.59 Å². The molecule has 0 saturated heterocycles. The third-order valence-corrected chi connectivity index (χ3v) is 3.27. The molecule has 9 nitrogen and oxygen atoms in total. The summed E-state index contributed by atoms with van der Waals surface area (Å²) in [5.41, 5.74) is -0.205. The maximum Gasteiger partial charge on any atom is 0.332 e. The van der Waals surface area contributed by atoms with E-state index in [2.05, 4.69) is 10.3 Å². The highest BCUT2D eigenvalue weighted by Crippen LogP contribution is 2.13. The van der Waals surface area contributed by atoms with Gasteiger partial charge >= 0.3 is 5.69 Å². The maximum absolute atomic E-state index is 12.3. The number of aromatic nitrogens is 4. The van der Waals surface area contributed by atoms with Gasteiger partial charge in [0.25, 0.3) is 5.56 Å². The molecule has 0 amide bonds. The van der Waals surface area contributed by atoms with Gasteiger partial charge in [0.15, 0.2) is 11.2 Å². The van der Waals surface area contributed by atoms with Crippen molar-refractivity contribution in [2.45, 2.75) is 6.54 Å². The van der Waals surface area contributed by atoms with Crippen LogP contribution >= 0.6 is 0 Å². The Labute approximate surface area is 120 Å². The van der Waals surface area contributed by atoms with E-state index in [1.165, 1.54) is 18.7 Å². The molecular formula is C12H19N5O4. The molecule has 2 rings (SSSR count). The summed E-state index contributed by atoms with van der Waals surface area (Å²) in [7, 11) is 4.65. The molecule has 0 atom stereocenters. The number of aryl methyl sites for hydroxylation is 1. The van der Waals surface area contributed by atoms with Crippen molar-refractivity contribution in [1.29, 1.82) is 0 Å². The number of imidazole rings is 1. The topological polar surface area (TPSA) is 103 Å². The molecule has 2 N–H and O–H groups in total. The number of fused-ring (bicyclic) bond motifs is 1. The molecule has 2 aromatic rings. The molecule has 0 radical (unpaired) electrons. The van der Waals surface area contributed by atoms with Crippen LogP contribution in [0.2, 0.25) is 0 Å². The summed E-state index contributed by atoms with van der Waals surface area (Å²) >= 11 is 0. The van der Waals surface area contributed by atoms with E-state index < -0.39 is 11.2 Å². The van der Waals surface area contributed by atoms with Crippen LogP contribution in [0.5, 0.6) is 0 Å². The number of rotatable bonds is 6. The van der Waals surface area contributed by atoms with Crippen molar-refractivity contribution in [3.05, 3.63) is 20.8 Å². The Hall–Kier alpha value is -2.13. The lowest BCUT2D eigenvalue weighted by atomic mass is 10.5. The SMILES string of the molecule is COCCn1c(=O)n(C)c(=O)c2c1nc(NCCO)n2C. The Morgan fingerprint density at radius 2 is 2.00 bits per heavy atom. The number of ether oxygens (including phenoxy) is 1. The van der Waals surface area contributed by atoms with Gasteiger partial charge in [0, 0.05) is 27.7 Å². The van der Waals surface area contributed by atoms with Gasteiger partial charge in [-0.05, 0) is 0 Å². The second kappa shape index (κ2) is 6.10. The molecule has 0 aliphatic carbocycles. The Bertz CT molecular complexity index is 758. The van der Waals surface area contributed by atoms with Crippen LogP contribution in [0.25, 0.3) is 11.2 Å². The van der Waals surface area contributed by atoms with Gasteiger partial charge in [0.05, 0.1) is 19.8 Å². The fraction of sp³-hybridized carbons (Fsp3) is 0.583. The van der Waals surface area contributed by atoms with E-state index in [-0.39, 0.29) is 6.61 Å². The van der Waals surface area contributed by atoms with Crippen molar-refractivity contribution < 1.29 is 9.84 Å². The third-order valence-electron chi connectivity index (χ3n) is 3.27. The van der Waals surface area contributed by atoms with Crippen molar-refractivity contribution in [3.8, 4) is 0 Å². The van der Waals surface area contributed by atoms with Crippen LogP contribution in [0.3, 0.4) is 0 Å². The van der Waals surface area contributed by atoms with Crippen LogP contribution < -0.4 is 16.6 Å². The second-order valence-electron chi connectivity index (χ2n) is 4.61. The zero-order chi connectivity index (χ0) is 15.6. The maximum atomic E-state index is 12.3. The molecule has 2 heterocycles. The van der Waals surface area contributed by atoms with E-state index in [0.717, 1.165) is 4.57 Å². The summed E-state index contributed by atoms with van der Waals surface area (Å²) in [5, 5.41) is 11.8. The van der Waals surface area contributed by atoms with Crippen molar-refractivity contribution in [3.63, 3.8) is 0 Å². The second-order valence-corrected chi connectivity index (χ2v) is 4.61. The van der Waals surface area contributed by atoms with Gasteiger partial charge in [-0.1, -0.05) is 0 Å². The fourth-order valence-electron chi connectivity index (χ4n) is 2.14. The monoisotopic (exact) mass is 297 g/mol. The largest absolute Gasteiger partial charge is 0.395 e. The highest BCUT2D eigenvalue weighted by Gasteiger charge is 2.18. The van der Waals surface area contributed by atoms with Crippen molar-refractivity contribution >= 4 is 17.1 Å². The van der Waals surface area contributed by atoms with E-state index >= 15 is 0 Å². The molecule has 0 aromatic carbocycles. The number of anilines is 1. The smallest absolute Gasteiger partial charge is 0.332 e. The van der Waals surface area contributed by atoms with Gasteiger partial charge in [-0.15, -0.1) is 0 Å². The first-order valence-corrected chi connectivity index (χ1v) is 6.52. The molecule has 116 valence electrons. The van der Waals surface area contributed by atoms with Crippen LogP contribution in [-0.4, -0.2) is 50.7 Å². The molecule has 0 spiro atoms. The molecule has 0 bridgehead atoms. The number of hydrogen-bond acceptors (Lipinski definition) is 6. The average molecular weight is 297 g/mol. The molecular weight excluding hydrogens is 278 g/mol. The van der Waals surface area contributed by atoms with E-state index in [1.807, 2.05) is 0 Å². The van der Waals surface area contributed by atoms with Crippen LogP contribution in [0.1, 0.15) is 0 Å². The summed E-state index contributed by atoms with van der Waals surface area (Å²) in [6.07, 6.45) is 0. The fourth-order valence-corrected chi connectivity index (χ4v) is 2.14. The number of aliphatic hydroxyl groups is 1. The van der Waals surface area contributed by atoms with Crippen LogP contribution in [0.4, 0.5) is 5.95 Å². The Balaban J connectivity index is 2.71. The highest BCUT2D eigenvalue weighted by molar-refractivity contribution is 5.74. The minimum atomic E-state index is -0.434. The van der Waals surface area contributed by atoms with Gasteiger partial charge in [0.1, 0.15) is 0 Å². The van der Waals surface area contributed by atoms with Crippen LogP contribution in [0, 0.1) is 0 Å². The molecule has 2 aromatic heterocycles. The Kier molecular flexibility index (Phi) is 4.43. The summed E-state index contributed by atoms with van der Waals surface area (Å²) in [4.78, 5) is 28.8. The Morgan fingerprint density at radius 3 is 2.62 bits per heavy atom. The predicted molar refractivity (Wildman–Crippen MR) is 77.7 cm³/mol. The zero-order valence-corrected chi connectivity index (χ0v) is 12.3. The van der Waals surface area contributed by atoms with E-state index in [4.69, 9.17) is 9.84 Å². The van der Waals surface area contributed by atoms with Crippen molar-refractivity contribution in [2.75, 3.05) is 32.2 Å². The number of aliphatic hydroxyl groups excluding tert-OH is 1. The average Bonchev–Trinajstić information content (AvgIpc) is 2.80. The first-order chi connectivity index (χ1) is 10.0. The van der Waals surface area contributed by atoms with Crippen molar-refractivity contribution in [1.82, 2.24) is 18.7 Å². The molecule has 0 aliphatic rings.